The van der Waals surface area contributed by atoms with E-state index in [1.165, 1.54) is 0 Å². The van der Waals surface area contributed by atoms with Gasteiger partial charge in [0, 0.05) is 37.2 Å². The van der Waals surface area contributed by atoms with Crippen LogP contribution in [0.15, 0.2) is 34.9 Å². The zero-order chi connectivity index (χ0) is 20.6. The molecular formula is C21H27N5O3. The number of carbonyl (C=O) groups is 1. The molecule has 0 atom stereocenters. The van der Waals surface area contributed by atoms with Crippen LogP contribution in [0, 0.1) is 13.8 Å². The van der Waals surface area contributed by atoms with Crippen LogP contribution >= 0.6 is 0 Å². The van der Waals surface area contributed by atoms with Gasteiger partial charge in [-0.2, -0.15) is 10.1 Å². The van der Waals surface area contributed by atoms with Gasteiger partial charge in [0.05, 0.1) is 12.3 Å². The van der Waals surface area contributed by atoms with E-state index in [0.717, 1.165) is 35.7 Å². The Morgan fingerprint density at radius 3 is 2.72 bits per heavy atom. The molecule has 0 unspecified atom stereocenters. The number of hydrogen-bond donors (Lipinski definition) is 1. The van der Waals surface area contributed by atoms with E-state index in [1.807, 2.05) is 55.8 Å². The van der Waals surface area contributed by atoms with Gasteiger partial charge in [0.1, 0.15) is 5.75 Å². The van der Waals surface area contributed by atoms with E-state index in [2.05, 4.69) is 20.6 Å². The van der Waals surface area contributed by atoms with Crippen LogP contribution in [-0.2, 0) is 17.8 Å². The number of hydrogen-bond acceptors (Lipinski definition) is 6. The molecular weight excluding hydrogens is 370 g/mol. The fourth-order valence-electron chi connectivity index (χ4n) is 3.01. The third kappa shape index (κ3) is 5.91. The summed E-state index contributed by atoms with van der Waals surface area (Å²) in [6.07, 6.45) is 1.55. The van der Waals surface area contributed by atoms with Crippen LogP contribution in [0.1, 0.15) is 37.0 Å². The first-order valence-corrected chi connectivity index (χ1v) is 9.88. The Hall–Kier alpha value is -3.16. The van der Waals surface area contributed by atoms with Crippen LogP contribution in [0.5, 0.6) is 5.75 Å². The van der Waals surface area contributed by atoms with E-state index in [1.54, 1.807) is 0 Å². The molecule has 1 amide bonds. The molecule has 154 valence electrons. The van der Waals surface area contributed by atoms with Crippen LogP contribution in [0.25, 0.3) is 11.4 Å². The molecule has 8 nitrogen and oxygen atoms in total. The summed E-state index contributed by atoms with van der Waals surface area (Å²) in [4.78, 5) is 16.4. The van der Waals surface area contributed by atoms with Crippen LogP contribution in [0.3, 0.4) is 0 Å². The summed E-state index contributed by atoms with van der Waals surface area (Å²) in [5.41, 5.74) is 2.99. The average Bonchev–Trinajstić information content (AvgIpc) is 3.30. The first-order valence-electron chi connectivity index (χ1n) is 9.88. The van der Waals surface area contributed by atoms with Crippen molar-refractivity contribution in [2.45, 2.75) is 46.6 Å². The van der Waals surface area contributed by atoms with Crippen LogP contribution in [-0.4, -0.2) is 39.0 Å². The molecule has 29 heavy (non-hydrogen) atoms. The van der Waals surface area contributed by atoms with E-state index in [0.29, 0.717) is 37.7 Å². The van der Waals surface area contributed by atoms with Gasteiger partial charge in [-0.15, -0.1) is 0 Å². The predicted octanol–water partition coefficient (Wildman–Crippen LogP) is 3.09. The largest absolute Gasteiger partial charge is 0.494 e. The van der Waals surface area contributed by atoms with E-state index in [4.69, 9.17) is 9.26 Å². The van der Waals surface area contributed by atoms with Gasteiger partial charge in [-0.05, 0) is 57.5 Å². The Balaban J connectivity index is 1.39. The minimum atomic E-state index is -0.0285. The quantitative estimate of drug-likeness (QED) is 0.528. The minimum Gasteiger partial charge on any atom is -0.494 e. The monoisotopic (exact) mass is 397 g/mol. The van der Waals surface area contributed by atoms with Gasteiger partial charge in [0.15, 0.2) is 0 Å². The van der Waals surface area contributed by atoms with Crippen molar-refractivity contribution in [3.05, 3.63) is 47.6 Å². The summed E-state index contributed by atoms with van der Waals surface area (Å²) < 4.78 is 12.6. The van der Waals surface area contributed by atoms with Crippen molar-refractivity contribution >= 4 is 5.91 Å². The van der Waals surface area contributed by atoms with Gasteiger partial charge in [-0.1, -0.05) is 5.16 Å². The Bertz CT molecular complexity index is 930. The van der Waals surface area contributed by atoms with Crippen molar-refractivity contribution < 1.29 is 14.1 Å². The fourth-order valence-corrected chi connectivity index (χ4v) is 3.01. The van der Waals surface area contributed by atoms with Gasteiger partial charge in [-0.3, -0.25) is 9.48 Å². The first kappa shape index (κ1) is 20.6. The smallest absolute Gasteiger partial charge is 0.227 e. The first-order chi connectivity index (χ1) is 14.0. The molecule has 2 aromatic heterocycles. The topological polar surface area (TPSA) is 95.1 Å². The fraction of sp³-hybridized carbons (Fsp3) is 0.429. The molecule has 0 saturated heterocycles. The number of amides is 1. The highest BCUT2D eigenvalue weighted by atomic mass is 16.5. The number of ether oxygens (including phenoxy) is 1. The van der Waals surface area contributed by atoms with Crippen molar-refractivity contribution in [1.29, 1.82) is 0 Å². The lowest BCUT2D eigenvalue weighted by Gasteiger charge is -2.06. The third-order valence-corrected chi connectivity index (χ3v) is 4.43. The molecule has 2 heterocycles. The van der Waals surface area contributed by atoms with Crippen molar-refractivity contribution in [1.82, 2.24) is 25.2 Å². The normalized spacial score (nSPS) is 10.9. The van der Waals surface area contributed by atoms with Gasteiger partial charge in [0.25, 0.3) is 0 Å². The lowest BCUT2D eigenvalue weighted by atomic mass is 10.2. The highest BCUT2D eigenvalue weighted by Gasteiger charge is 2.11. The highest BCUT2D eigenvalue weighted by Crippen LogP contribution is 2.20. The Morgan fingerprint density at radius 1 is 1.24 bits per heavy atom. The molecule has 0 bridgehead atoms. The summed E-state index contributed by atoms with van der Waals surface area (Å²) in [7, 11) is 0. The summed E-state index contributed by atoms with van der Waals surface area (Å²) in [6.45, 7) is 7.97. The van der Waals surface area contributed by atoms with E-state index >= 15 is 0 Å². The Labute approximate surface area is 170 Å². The van der Waals surface area contributed by atoms with Crippen molar-refractivity contribution in [2.24, 2.45) is 0 Å². The second-order valence-corrected chi connectivity index (χ2v) is 6.82. The zero-order valence-electron chi connectivity index (χ0n) is 17.1. The molecule has 8 heteroatoms. The van der Waals surface area contributed by atoms with Crippen LogP contribution in [0.4, 0.5) is 0 Å². The maximum atomic E-state index is 12.0. The summed E-state index contributed by atoms with van der Waals surface area (Å²) in [5.74, 6) is 1.73. The second-order valence-electron chi connectivity index (χ2n) is 6.82. The standard InChI is InChI=1S/C21H27N5O3/c1-4-28-18-8-6-17(7-9-18)21-23-20(29-25-21)11-10-19(27)22-12-5-13-26-16(3)14-15(2)24-26/h6-9,14H,4-5,10-13H2,1-3H3,(H,22,27). The highest BCUT2D eigenvalue weighted by molar-refractivity contribution is 5.75. The van der Waals surface area contributed by atoms with Gasteiger partial charge < -0.3 is 14.6 Å². The molecule has 1 aromatic carbocycles. The number of aromatic nitrogens is 4. The van der Waals surface area contributed by atoms with E-state index in [9.17, 15) is 4.79 Å². The Kier molecular flexibility index (Phi) is 6.99. The second kappa shape index (κ2) is 9.86. The summed E-state index contributed by atoms with van der Waals surface area (Å²) in [6, 6.07) is 9.55. The molecule has 0 fully saturated rings. The lowest BCUT2D eigenvalue weighted by molar-refractivity contribution is -0.121. The van der Waals surface area contributed by atoms with Crippen molar-refractivity contribution in [3.63, 3.8) is 0 Å². The third-order valence-electron chi connectivity index (χ3n) is 4.43. The van der Waals surface area contributed by atoms with Gasteiger partial charge >= 0.3 is 0 Å². The molecule has 0 spiro atoms. The number of benzene rings is 1. The summed E-state index contributed by atoms with van der Waals surface area (Å²) in [5, 5.41) is 11.3. The number of rotatable bonds is 10. The Morgan fingerprint density at radius 2 is 2.03 bits per heavy atom. The molecule has 0 aliphatic rings. The maximum Gasteiger partial charge on any atom is 0.227 e. The molecule has 3 rings (SSSR count). The number of carbonyl (C=O) groups excluding carboxylic acids is 1. The van der Waals surface area contributed by atoms with E-state index in [-0.39, 0.29) is 5.91 Å². The predicted molar refractivity (Wildman–Crippen MR) is 109 cm³/mol. The van der Waals surface area contributed by atoms with Crippen molar-refractivity contribution in [3.8, 4) is 17.1 Å². The zero-order valence-corrected chi connectivity index (χ0v) is 17.1. The molecule has 1 N–H and O–H groups in total. The van der Waals surface area contributed by atoms with Gasteiger partial charge in [-0.25, -0.2) is 0 Å². The van der Waals surface area contributed by atoms with Crippen LogP contribution < -0.4 is 10.1 Å². The van der Waals surface area contributed by atoms with Crippen LogP contribution in [0.2, 0.25) is 0 Å². The molecule has 0 aliphatic carbocycles. The summed E-state index contributed by atoms with van der Waals surface area (Å²) >= 11 is 0. The number of nitrogens with one attached hydrogen (secondary N) is 1. The average molecular weight is 397 g/mol. The SMILES string of the molecule is CCOc1ccc(-c2noc(CCC(=O)NCCCn3nc(C)cc3C)n2)cc1. The molecule has 3 aromatic rings. The number of nitrogens with zero attached hydrogens (tertiary/aromatic N) is 4. The molecule has 0 radical (unpaired) electrons. The molecule has 0 aliphatic heterocycles. The lowest BCUT2D eigenvalue weighted by Crippen LogP contribution is -2.25. The molecule has 0 saturated carbocycles. The maximum absolute atomic E-state index is 12.0. The van der Waals surface area contributed by atoms with E-state index < -0.39 is 0 Å². The minimum absolute atomic E-state index is 0.0285. The van der Waals surface area contributed by atoms with Crippen molar-refractivity contribution in [2.75, 3.05) is 13.2 Å². The van der Waals surface area contributed by atoms with Gasteiger partial charge in [0.2, 0.25) is 17.6 Å². The number of aryl methyl sites for hydroxylation is 4.